The number of carbonyl (C=O) groups excluding carboxylic acids is 2. The van der Waals surface area contributed by atoms with Gasteiger partial charge in [-0.25, -0.2) is 18.4 Å². The van der Waals surface area contributed by atoms with Crippen LogP contribution >= 0.6 is 0 Å². The maximum absolute atomic E-state index is 12.5. The first-order chi connectivity index (χ1) is 12.9. The molecular formula is C18H21F2N5O2. The van der Waals surface area contributed by atoms with Gasteiger partial charge in [-0.05, 0) is 37.5 Å². The van der Waals surface area contributed by atoms with Crippen molar-refractivity contribution >= 4 is 11.8 Å². The molecule has 9 heteroatoms. The highest BCUT2D eigenvalue weighted by Gasteiger charge is 2.31. The van der Waals surface area contributed by atoms with Gasteiger partial charge in [-0.1, -0.05) is 0 Å². The Kier molecular flexibility index (Phi) is 5.78. The number of hydrogen-bond donors (Lipinski definition) is 1. The Balaban J connectivity index is 1.55. The molecule has 2 aromatic heterocycles. The summed E-state index contributed by atoms with van der Waals surface area (Å²) in [4.78, 5) is 30.5. The molecule has 1 fully saturated rings. The summed E-state index contributed by atoms with van der Waals surface area (Å²) in [6.07, 6.45) is 2.78. The van der Waals surface area contributed by atoms with E-state index in [2.05, 4.69) is 15.4 Å². The summed E-state index contributed by atoms with van der Waals surface area (Å²) >= 11 is 0. The van der Waals surface area contributed by atoms with Crippen LogP contribution in [0, 0.1) is 5.92 Å². The van der Waals surface area contributed by atoms with Crippen LogP contribution in [0.1, 0.15) is 30.1 Å². The predicted molar refractivity (Wildman–Crippen MR) is 93.6 cm³/mol. The maximum atomic E-state index is 12.5. The summed E-state index contributed by atoms with van der Waals surface area (Å²) < 4.78 is 26.5. The van der Waals surface area contributed by atoms with Gasteiger partial charge >= 0.3 is 0 Å². The molecule has 27 heavy (non-hydrogen) atoms. The van der Waals surface area contributed by atoms with Crippen LogP contribution in [-0.4, -0.2) is 57.0 Å². The van der Waals surface area contributed by atoms with Gasteiger partial charge in [0.1, 0.15) is 6.04 Å². The summed E-state index contributed by atoms with van der Waals surface area (Å²) in [5.41, 5.74) is 0.322. The Labute approximate surface area is 155 Å². The molecule has 1 saturated heterocycles. The zero-order valence-corrected chi connectivity index (χ0v) is 14.9. The molecule has 0 aliphatic carbocycles. The second-order valence-electron chi connectivity index (χ2n) is 6.62. The van der Waals surface area contributed by atoms with Gasteiger partial charge in [-0.15, -0.1) is 0 Å². The lowest BCUT2D eigenvalue weighted by Crippen LogP contribution is -2.46. The molecule has 0 bridgehead atoms. The van der Waals surface area contributed by atoms with Crippen LogP contribution in [0.25, 0.3) is 5.82 Å². The van der Waals surface area contributed by atoms with E-state index in [-0.39, 0.29) is 18.2 Å². The largest absolute Gasteiger partial charge is 0.341 e. The van der Waals surface area contributed by atoms with E-state index in [4.69, 9.17) is 0 Å². The van der Waals surface area contributed by atoms with Crippen molar-refractivity contribution in [3.05, 3.63) is 42.4 Å². The Morgan fingerprint density at radius 2 is 2.19 bits per heavy atom. The van der Waals surface area contributed by atoms with Gasteiger partial charge in [0, 0.05) is 38.1 Å². The van der Waals surface area contributed by atoms with Gasteiger partial charge in [0.15, 0.2) is 5.82 Å². The molecular weight excluding hydrogens is 356 g/mol. The summed E-state index contributed by atoms with van der Waals surface area (Å²) in [5.74, 6) is -0.293. The zero-order chi connectivity index (χ0) is 19.4. The molecule has 1 N–H and O–H groups in total. The number of nitrogens with one attached hydrogen (secondary N) is 1. The SMILES string of the molecule is CC(NC(=O)c1ccc(-n2cccn2)nc1)C(=O)N1CCC(CC(F)F)C1. The van der Waals surface area contributed by atoms with Crippen LogP contribution < -0.4 is 5.32 Å². The number of amides is 2. The van der Waals surface area contributed by atoms with E-state index in [1.54, 1.807) is 42.2 Å². The first kappa shape index (κ1) is 18.9. The highest BCUT2D eigenvalue weighted by Crippen LogP contribution is 2.23. The Hall–Kier alpha value is -2.84. The van der Waals surface area contributed by atoms with Crippen LogP contribution in [0.15, 0.2) is 36.8 Å². The average Bonchev–Trinajstić information content (AvgIpc) is 3.32. The predicted octanol–water partition coefficient (Wildman–Crippen LogP) is 1.89. The smallest absolute Gasteiger partial charge is 0.253 e. The fraction of sp³-hybridized carbons (Fsp3) is 0.444. The van der Waals surface area contributed by atoms with Gasteiger partial charge in [0.05, 0.1) is 5.56 Å². The van der Waals surface area contributed by atoms with Crippen LogP contribution in [-0.2, 0) is 4.79 Å². The van der Waals surface area contributed by atoms with Crippen molar-refractivity contribution in [1.82, 2.24) is 25.0 Å². The minimum atomic E-state index is -2.36. The number of hydrogen-bond acceptors (Lipinski definition) is 4. The molecule has 0 spiro atoms. The Morgan fingerprint density at radius 1 is 1.37 bits per heavy atom. The summed E-state index contributed by atoms with van der Waals surface area (Å²) in [6.45, 7) is 2.34. The normalized spacial score (nSPS) is 17.9. The van der Waals surface area contributed by atoms with Gasteiger partial charge in [0.25, 0.3) is 5.91 Å². The van der Waals surface area contributed by atoms with Crippen LogP contribution in [0.3, 0.4) is 0 Å². The van der Waals surface area contributed by atoms with Gasteiger partial charge in [0.2, 0.25) is 12.3 Å². The summed E-state index contributed by atoms with van der Waals surface area (Å²) in [5, 5.41) is 6.70. The van der Waals surface area contributed by atoms with Crippen LogP contribution in [0.4, 0.5) is 8.78 Å². The number of likely N-dealkylation sites (tertiary alicyclic amines) is 1. The van der Waals surface area contributed by atoms with Gasteiger partial charge in [-0.3, -0.25) is 9.59 Å². The third kappa shape index (κ3) is 4.66. The van der Waals surface area contributed by atoms with E-state index in [1.165, 1.54) is 11.1 Å². The zero-order valence-electron chi connectivity index (χ0n) is 14.9. The molecule has 144 valence electrons. The van der Waals surface area contributed by atoms with Crippen molar-refractivity contribution in [2.45, 2.75) is 32.2 Å². The number of alkyl halides is 2. The highest BCUT2D eigenvalue weighted by molar-refractivity contribution is 5.97. The molecule has 2 amide bonds. The number of pyridine rings is 1. The molecule has 3 heterocycles. The molecule has 1 aliphatic heterocycles. The summed E-state index contributed by atoms with van der Waals surface area (Å²) in [6, 6.07) is 4.28. The van der Waals surface area contributed by atoms with Crippen LogP contribution in [0.5, 0.6) is 0 Å². The number of nitrogens with zero attached hydrogens (tertiary/aromatic N) is 4. The third-order valence-corrected chi connectivity index (χ3v) is 4.58. The Bertz CT molecular complexity index is 780. The second kappa shape index (κ2) is 8.24. The van der Waals surface area contributed by atoms with Crippen molar-refractivity contribution in [2.75, 3.05) is 13.1 Å². The highest BCUT2D eigenvalue weighted by atomic mass is 19.3. The molecule has 1 aliphatic rings. The minimum absolute atomic E-state index is 0.184. The van der Waals surface area contributed by atoms with Crippen molar-refractivity contribution in [3.63, 3.8) is 0 Å². The van der Waals surface area contributed by atoms with Crippen molar-refractivity contribution < 1.29 is 18.4 Å². The van der Waals surface area contributed by atoms with Crippen molar-refractivity contribution in [3.8, 4) is 5.82 Å². The molecule has 0 aromatic carbocycles. The van der Waals surface area contributed by atoms with Crippen LogP contribution in [0.2, 0.25) is 0 Å². The monoisotopic (exact) mass is 377 g/mol. The lowest BCUT2D eigenvalue weighted by atomic mass is 10.1. The quantitative estimate of drug-likeness (QED) is 0.834. The van der Waals surface area contributed by atoms with E-state index in [0.29, 0.717) is 30.9 Å². The molecule has 7 nitrogen and oxygen atoms in total. The Morgan fingerprint density at radius 3 is 2.81 bits per heavy atom. The van der Waals surface area contributed by atoms with E-state index < -0.39 is 18.4 Å². The fourth-order valence-corrected chi connectivity index (χ4v) is 3.15. The standard InChI is InChI=1S/C18H21F2N5O2/c1-12(18(27)24-8-5-13(11-24)9-15(19)20)23-17(26)14-3-4-16(21-10-14)25-7-2-6-22-25/h2-4,6-7,10,12-13,15H,5,8-9,11H2,1H3,(H,23,26). The number of rotatable bonds is 6. The first-order valence-electron chi connectivity index (χ1n) is 8.78. The fourth-order valence-electron chi connectivity index (χ4n) is 3.15. The molecule has 0 radical (unpaired) electrons. The molecule has 2 unspecified atom stereocenters. The van der Waals surface area contributed by atoms with E-state index in [0.717, 1.165) is 0 Å². The van der Waals surface area contributed by atoms with E-state index in [1.807, 2.05) is 0 Å². The van der Waals surface area contributed by atoms with Crippen molar-refractivity contribution in [2.24, 2.45) is 5.92 Å². The van der Waals surface area contributed by atoms with Crippen molar-refractivity contribution in [1.29, 1.82) is 0 Å². The summed E-state index contributed by atoms with van der Waals surface area (Å²) in [7, 11) is 0. The van der Waals surface area contributed by atoms with E-state index in [9.17, 15) is 18.4 Å². The number of halogens is 2. The second-order valence-corrected chi connectivity index (χ2v) is 6.62. The van der Waals surface area contributed by atoms with Gasteiger partial charge < -0.3 is 10.2 Å². The first-order valence-corrected chi connectivity index (χ1v) is 8.78. The molecule has 0 saturated carbocycles. The lowest BCUT2D eigenvalue weighted by molar-refractivity contribution is -0.131. The number of aromatic nitrogens is 3. The minimum Gasteiger partial charge on any atom is -0.341 e. The van der Waals surface area contributed by atoms with E-state index >= 15 is 0 Å². The third-order valence-electron chi connectivity index (χ3n) is 4.58. The lowest BCUT2D eigenvalue weighted by Gasteiger charge is -2.22. The molecule has 2 aromatic rings. The number of carbonyl (C=O) groups is 2. The molecule has 2 atom stereocenters. The van der Waals surface area contributed by atoms with Gasteiger partial charge in [-0.2, -0.15) is 5.10 Å². The molecule has 3 rings (SSSR count). The average molecular weight is 377 g/mol. The topological polar surface area (TPSA) is 80.1 Å². The maximum Gasteiger partial charge on any atom is 0.253 e.